The van der Waals surface area contributed by atoms with Crippen LogP contribution in [-0.2, 0) is 22.4 Å². The molecule has 0 aliphatic carbocycles. The van der Waals surface area contributed by atoms with E-state index in [1.807, 2.05) is 38.2 Å². The molecule has 6 heteroatoms. The number of amides is 1. The number of pyridine rings is 1. The first kappa shape index (κ1) is 18.6. The van der Waals surface area contributed by atoms with Crippen LogP contribution in [0.2, 0.25) is 0 Å². The number of carbonyl (C=O) groups is 1. The van der Waals surface area contributed by atoms with Gasteiger partial charge in [0.2, 0.25) is 5.91 Å². The van der Waals surface area contributed by atoms with Crippen LogP contribution in [0.25, 0.3) is 10.9 Å². The number of fused-ring (bicyclic) bond motifs is 1. The fourth-order valence-electron chi connectivity index (χ4n) is 3.95. The molecule has 4 rings (SSSR count). The maximum absolute atomic E-state index is 12.5. The summed E-state index contributed by atoms with van der Waals surface area (Å²) in [5.41, 5.74) is 4.13. The molecular weight excluding hydrogens is 354 g/mol. The van der Waals surface area contributed by atoms with Crippen molar-refractivity contribution in [2.45, 2.75) is 39.2 Å². The quantitative estimate of drug-likeness (QED) is 0.712. The van der Waals surface area contributed by atoms with Gasteiger partial charge in [0.05, 0.1) is 30.5 Å². The van der Waals surface area contributed by atoms with Crippen molar-refractivity contribution in [3.8, 4) is 0 Å². The first-order valence-electron chi connectivity index (χ1n) is 9.73. The number of nitrogens with one attached hydrogen (secondary N) is 1. The van der Waals surface area contributed by atoms with Gasteiger partial charge in [-0.05, 0) is 44.4 Å². The van der Waals surface area contributed by atoms with Crippen LogP contribution in [0.4, 0.5) is 0 Å². The fraction of sp³-hybridized carbons (Fsp3) is 0.409. The lowest BCUT2D eigenvalue weighted by Crippen LogP contribution is -2.40. The Bertz CT molecular complexity index is 957. The van der Waals surface area contributed by atoms with E-state index in [4.69, 9.17) is 9.26 Å². The van der Waals surface area contributed by atoms with E-state index in [0.29, 0.717) is 26.1 Å². The van der Waals surface area contributed by atoms with Crippen LogP contribution in [0, 0.1) is 19.8 Å². The molecule has 2 atom stereocenters. The van der Waals surface area contributed by atoms with Crippen molar-refractivity contribution in [2.75, 3.05) is 13.2 Å². The number of carbonyl (C=O) groups excluding carboxylic acids is 1. The summed E-state index contributed by atoms with van der Waals surface area (Å²) in [6, 6.07) is 10.3. The molecule has 1 amide bonds. The number of hydrogen-bond donors (Lipinski definition) is 1. The van der Waals surface area contributed by atoms with Gasteiger partial charge in [-0.2, -0.15) is 0 Å². The molecule has 1 aliphatic heterocycles. The maximum atomic E-state index is 12.5. The average molecular weight is 379 g/mol. The molecule has 3 aromatic rings. The van der Waals surface area contributed by atoms with Crippen LogP contribution in [0.5, 0.6) is 0 Å². The molecule has 28 heavy (non-hydrogen) atoms. The minimum atomic E-state index is 0.0316. The minimum Gasteiger partial charge on any atom is -0.379 e. The monoisotopic (exact) mass is 379 g/mol. The summed E-state index contributed by atoms with van der Waals surface area (Å²) in [4.78, 5) is 16.9. The molecule has 3 heterocycles. The Morgan fingerprint density at radius 2 is 2.07 bits per heavy atom. The number of rotatable bonds is 6. The smallest absolute Gasteiger partial charge is 0.220 e. The second kappa shape index (κ2) is 8.10. The highest BCUT2D eigenvalue weighted by Gasteiger charge is 2.30. The molecule has 0 spiro atoms. The van der Waals surface area contributed by atoms with E-state index in [-0.39, 0.29) is 17.9 Å². The predicted molar refractivity (Wildman–Crippen MR) is 106 cm³/mol. The van der Waals surface area contributed by atoms with Crippen molar-refractivity contribution < 1.29 is 14.1 Å². The summed E-state index contributed by atoms with van der Waals surface area (Å²) in [6.45, 7) is 5.01. The van der Waals surface area contributed by atoms with E-state index in [1.165, 1.54) is 10.9 Å². The van der Waals surface area contributed by atoms with Crippen LogP contribution in [-0.4, -0.2) is 35.3 Å². The lowest BCUT2D eigenvalue weighted by atomic mass is 9.93. The Morgan fingerprint density at radius 3 is 2.89 bits per heavy atom. The van der Waals surface area contributed by atoms with Gasteiger partial charge in [-0.15, -0.1) is 0 Å². The van der Waals surface area contributed by atoms with Crippen molar-refractivity contribution in [2.24, 2.45) is 5.92 Å². The molecule has 0 bridgehead atoms. The molecule has 2 aromatic heterocycles. The number of para-hydroxylation sites is 1. The molecule has 0 unspecified atom stereocenters. The van der Waals surface area contributed by atoms with Gasteiger partial charge in [0.25, 0.3) is 0 Å². The molecule has 0 saturated carbocycles. The normalized spacial score (nSPS) is 19.2. The van der Waals surface area contributed by atoms with Crippen LogP contribution in [0.1, 0.15) is 29.0 Å². The third kappa shape index (κ3) is 3.92. The van der Waals surface area contributed by atoms with Crippen molar-refractivity contribution in [3.63, 3.8) is 0 Å². The largest absolute Gasteiger partial charge is 0.379 e. The van der Waals surface area contributed by atoms with Crippen LogP contribution >= 0.6 is 0 Å². The number of aryl methyl sites for hydroxylation is 2. The number of aromatic nitrogens is 2. The number of ether oxygens (including phenoxy) is 1. The zero-order valence-electron chi connectivity index (χ0n) is 16.3. The summed E-state index contributed by atoms with van der Waals surface area (Å²) in [6.07, 6.45) is 3.77. The average Bonchev–Trinajstić information content (AvgIpc) is 3.26. The van der Waals surface area contributed by atoms with E-state index in [1.54, 1.807) is 0 Å². The van der Waals surface area contributed by atoms with Gasteiger partial charge >= 0.3 is 0 Å². The lowest BCUT2D eigenvalue weighted by molar-refractivity contribution is -0.122. The van der Waals surface area contributed by atoms with Gasteiger partial charge in [0, 0.05) is 29.5 Å². The molecular formula is C22H25N3O3. The second-order valence-corrected chi connectivity index (χ2v) is 7.47. The number of benzene rings is 1. The SMILES string of the molecule is Cc1noc(C)c1CCC(=O)N[C@@H]1COC[C@H]1Cc1ccnc2ccccc12. The summed E-state index contributed by atoms with van der Waals surface area (Å²) in [5.74, 6) is 1.09. The van der Waals surface area contributed by atoms with Gasteiger partial charge < -0.3 is 14.6 Å². The first-order chi connectivity index (χ1) is 13.6. The summed E-state index contributed by atoms with van der Waals surface area (Å²) >= 11 is 0. The van der Waals surface area contributed by atoms with Crippen LogP contribution in [0.3, 0.4) is 0 Å². The molecule has 1 fully saturated rings. The maximum Gasteiger partial charge on any atom is 0.220 e. The first-order valence-corrected chi connectivity index (χ1v) is 9.73. The molecule has 146 valence electrons. The third-order valence-electron chi connectivity index (χ3n) is 5.55. The Kier molecular flexibility index (Phi) is 5.39. The molecule has 0 radical (unpaired) electrons. The van der Waals surface area contributed by atoms with E-state index in [9.17, 15) is 4.79 Å². The molecule has 1 saturated heterocycles. The Balaban J connectivity index is 1.39. The summed E-state index contributed by atoms with van der Waals surface area (Å²) in [5, 5.41) is 8.28. The van der Waals surface area contributed by atoms with Crippen LogP contribution in [0.15, 0.2) is 41.1 Å². The standard InChI is InChI=1S/C22H25N3O3/c1-14-18(15(2)28-25-14)7-8-22(26)24-21-13-27-12-17(21)11-16-9-10-23-20-6-4-3-5-19(16)20/h3-6,9-10,17,21H,7-8,11-13H2,1-2H3,(H,24,26)/t17-,21-/m1/s1. The summed E-state index contributed by atoms with van der Waals surface area (Å²) in [7, 11) is 0. The van der Waals surface area contributed by atoms with Crippen molar-refractivity contribution in [1.82, 2.24) is 15.5 Å². The fourth-order valence-corrected chi connectivity index (χ4v) is 3.95. The van der Waals surface area contributed by atoms with Crippen molar-refractivity contribution in [3.05, 3.63) is 59.1 Å². The number of nitrogens with zero attached hydrogens (tertiary/aromatic N) is 2. The summed E-state index contributed by atoms with van der Waals surface area (Å²) < 4.78 is 10.9. The lowest BCUT2D eigenvalue weighted by Gasteiger charge is -2.20. The zero-order chi connectivity index (χ0) is 19.5. The Labute approximate surface area is 164 Å². The Hall–Kier alpha value is -2.73. The van der Waals surface area contributed by atoms with Crippen LogP contribution < -0.4 is 5.32 Å². The van der Waals surface area contributed by atoms with Gasteiger partial charge in [0.15, 0.2) is 0 Å². The van der Waals surface area contributed by atoms with E-state index < -0.39 is 0 Å². The topological polar surface area (TPSA) is 77.2 Å². The van der Waals surface area contributed by atoms with Gasteiger partial charge in [-0.1, -0.05) is 23.4 Å². The van der Waals surface area contributed by atoms with Crippen molar-refractivity contribution >= 4 is 16.8 Å². The number of hydrogen-bond acceptors (Lipinski definition) is 5. The highest BCUT2D eigenvalue weighted by atomic mass is 16.5. The van der Waals surface area contributed by atoms with Gasteiger partial charge in [-0.3, -0.25) is 9.78 Å². The molecule has 6 nitrogen and oxygen atoms in total. The van der Waals surface area contributed by atoms with E-state index in [2.05, 4.69) is 27.6 Å². The van der Waals surface area contributed by atoms with E-state index >= 15 is 0 Å². The molecule has 1 N–H and O–H groups in total. The third-order valence-corrected chi connectivity index (χ3v) is 5.55. The second-order valence-electron chi connectivity index (χ2n) is 7.47. The minimum absolute atomic E-state index is 0.0316. The highest BCUT2D eigenvalue weighted by Crippen LogP contribution is 2.24. The molecule has 1 aliphatic rings. The van der Waals surface area contributed by atoms with E-state index in [0.717, 1.165) is 29.0 Å². The Morgan fingerprint density at radius 1 is 1.21 bits per heavy atom. The molecule has 1 aromatic carbocycles. The van der Waals surface area contributed by atoms with Gasteiger partial charge in [-0.25, -0.2) is 0 Å². The van der Waals surface area contributed by atoms with Crippen molar-refractivity contribution in [1.29, 1.82) is 0 Å². The highest BCUT2D eigenvalue weighted by molar-refractivity contribution is 5.82. The zero-order valence-corrected chi connectivity index (χ0v) is 16.3. The predicted octanol–water partition coefficient (Wildman–Crippen LogP) is 3.15. The van der Waals surface area contributed by atoms with Gasteiger partial charge in [0.1, 0.15) is 5.76 Å².